The molecule has 1 atom stereocenters. The fourth-order valence-corrected chi connectivity index (χ4v) is 4.84. The van der Waals surface area contributed by atoms with Gasteiger partial charge in [0.1, 0.15) is 6.54 Å². The van der Waals surface area contributed by atoms with Crippen LogP contribution in [0.4, 0.5) is 5.69 Å². The van der Waals surface area contributed by atoms with Crippen molar-refractivity contribution >= 4 is 21.6 Å². The second-order valence-corrected chi connectivity index (χ2v) is 9.39. The number of sulfonamides is 1. The fraction of sp³-hybridized carbons (Fsp3) is 0.240. The molecule has 0 saturated heterocycles. The van der Waals surface area contributed by atoms with Crippen LogP contribution >= 0.6 is 0 Å². The molecule has 1 N–H and O–H groups in total. The van der Waals surface area contributed by atoms with Crippen molar-refractivity contribution < 1.29 is 13.2 Å². The molecule has 1 amide bonds. The highest BCUT2D eigenvalue weighted by atomic mass is 32.2. The Bertz CT molecular complexity index is 1130. The maximum atomic E-state index is 13.3. The second-order valence-electron chi connectivity index (χ2n) is 7.53. The van der Waals surface area contributed by atoms with Gasteiger partial charge in [0.15, 0.2) is 0 Å². The topological polar surface area (TPSA) is 66.5 Å². The highest BCUT2D eigenvalue weighted by Crippen LogP contribution is 2.24. The summed E-state index contributed by atoms with van der Waals surface area (Å²) >= 11 is 0. The van der Waals surface area contributed by atoms with E-state index in [1.165, 1.54) is 17.7 Å². The van der Waals surface area contributed by atoms with Crippen molar-refractivity contribution in [2.75, 3.05) is 10.8 Å². The summed E-state index contributed by atoms with van der Waals surface area (Å²) in [6.45, 7) is 5.78. The number of carbonyl (C=O) groups excluding carboxylic acids is 1. The molecule has 3 aromatic carbocycles. The number of para-hydroxylation sites is 1. The van der Waals surface area contributed by atoms with Crippen LogP contribution in [0.15, 0.2) is 83.8 Å². The van der Waals surface area contributed by atoms with E-state index in [1.54, 1.807) is 42.5 Å². The molecule has 0 aromatic heterocycles. The molecule has 0 unspecified atom stereocenters. The Morgan fingerprint density at radius 1 is 0.903 bits per heavy atom. The van der Waals surface area contributed by atoms with Crippen molar-refractivity contribution in [3.63, 3.8) is 0 Å². The second kappa shape index (κ2) is 9.79. The van der Waals surface area contributed by atoms with E-state index in [0.717, 1.165) is 15.4 Å². The quantitative estimate of drug-likeness (QED) is 0.553. The average molecular weight is 437 g/mol. The molecule has 0 bridgehead atoms. The highest BCUT2D eigenvalue weighted by Gasteiger charge is 2.27. The van der Waals surface area contributed by atoms with Gasteiger partial charge in [0.25, 0.3) is 10.0 Å². The Labute approximate surface area is 184 Å². The summed E-state index contributed by atoms with van der Waals surface area (Å²) in [7, 11) is -3.90. The smallest absolute Gasteiger partial charge is 0.264 e. The first-order valence-corrected chi connectivity index (χ1v) is 11.8. The van der Waals surface area contributed by atoms with Crippen molar-refractivity contribution in [3.8, 4) is 0 Å². The molecule has 0 aliphatic carbocycles. The minimum atomic E-state index is -3.90. The van der Waals surface area contributed by atoms with Gasteiger partial charge >= 0.3 is 0 Å². The van der Waals surface area contributed by atoms with E-state index < -0.39 is 10.0 Å². The van der Waals surface area contributed by atoms with Crippen LogP contribution in [0.2, 0.25) is 0 Å². The Morgan fingerprint density at radius 3 is 2.10 bits per heavy atom. The summed E-state index contributed by atoms with van der Waals surface area (Å²) in [5.41, 5.74) is 3.80. The lowest BCUT2D eigenvalue weighted by Crippen LogP contribution is -2.42. The third-order valence-electron chi connectivity index (χ3n) is 5.34. The molecule has 0 fully saturated rings. The Hall–Kier alpha value is -3.12. The maximum absolute atomic E-state index is 13.3. The summed E-state index contributed by atoms with van der Waals surface area (Å²) in [5, 5.41) is 3.01. The van der Waals surface area contributed by atoms with Crippen LogP contribution in [0.1, 0.15) is 36.1 Å². The minimum absolute atomic E-state index is 0.146. The van der Waals surface area contributed by atoms with E-state index in [2.05, 4.69) is 11.4 Å². The predicted molar refractivity (Wildman–Crippen MR) is 125 cm³/mol. The number of benzene rings is 3. The van der Waals surface area contributed by atoms with E-state index in [1.807, 2.05) is 39.0 Å². The zero-order valence-corrected chi connectivity index (χ0v) is 18.9. The van der Waals surface area contributed by atoms with Crippen LogP contribution in [-0.2, 0) is 14.8 Å². The van der Waals surface area contributed by atoms with Gasteiger partial charge in [-0.25, -0.2) is 8.42 Å². The highest BCUT2D eigenvalue weighted by molar-refractivity contribution is 7.92. The molecule has 3 rings (SSSR count). The summed E-state index contributed by atoms with van der Waals surface area (Å²) < 4.78 is 27.8. The molecule has 0 aliphatic heterocycles. The third-order valence-corrected chi connectivity index (χ3v) is 7.13. The Balaban J connectivity index is 1.87. The van der Waals surface area contributed by atoms with Crippen LogP contribution in [0.5, 0.6) is 0 Å². The van der Waals surface area contributed by atoms with Crippen LogP contribution < -0.4 is 9.62 Å². The molecule has 0 radical (unpaired) electrons. The van der Waals surface area contributed by atoms with E-state index in [9.17, 15) is 13.2 Å². The molecular weight excluding hydrogens is 408 g/mol. The van der Waals surface area contributed by atoms with Crippen LogP contribution in [0.25, 0.3) is 0 Å². The van der Waals surface area contributed by atoms with Crippen LogP contribution in [0, 0.1) is 13.8 Å². The van der Waals surface area contributed by atoms with Gasteiger partial charge in [-0.2, -0.15) is 0 Å². The largest absolute Gasteiger partial charge is 0.348 e. The van der Waals surface area contributed by atoms with Gasteiger partial charge in [-0.05, 0) is 61.2 Å². The van der Waals surface area contributed by atoms with Crippen molar-refractivity contribution in [3.05, 3.63) is 95.6 Å². The molecule has 0 aliphatic rings. The normalized spacial score (nSPS) is 12.2. The summed E-state index contributed by atoms with van der Waals surface area (Å²) in [4.78, 5) is 13.1. The predicted octanol–water partition coefficient (Wildman–Crippen LogP) is 4.77. The first-order valence-electron chi connectivity index (χ1n) is 10.3. The zero-order valence-electron chi connectivity index (χ0n) is 18.1. The molecule has 6 heteroatoms. The number of aryl methyl sites for hydroxylation is 2. The number of rotatable bonds is 8. The number of nitrogens with zero attached hydrogens (tertiary/aromatic N) is 1. The number of amides is 1. The average Bonchev–Trinajstić information content (AvgIpc) is 2.79. The Morgan fingerprint density at radius 2 is 1.52 bits per heavy atom. The van der Waals surface area contributed by atoms with E-state index in [4.69, 9.17) is 0 Å². The lowest BCUT2D eigenvalue weighted by molar-refractivity contribution is -0.120. The number of carbonyl (C=O) groups is 1. The molecule has 3 aromatic rings. The summed E-state index contributed by atoms with van der Waals surface area (Å²) in [6, 6.07) is 22.8. The zero-order chi connectivity index (χ0) is 22.4. The van der Waals surface area contributed by atoms with Crippen molar-refractivity contribution in [1.29, 1.82) is 0 Å². The van der Waals surface area contributed by atoms with E-state index in [-0.39, 0.29) is 23.4 Å². The number of hydrogen-bond donors (Lipinski definition) is 1. The van der Waals surface area contributed by atoms with Gasteiger partial charge in [0.05, 0.1) is 16.6 Å². The number of nitrogens with one attached hydrogen (secondary N) is 1. The molecule has 0 spiro atoms. The van der Waals surface area contributed by atoms with E-state index in [0.29, 0.717) is 12.1 Å². The summed E-state index contributed by atoms with van der Waals surface area (Å²) in [6.07, 6.45) is 0.699. The first-order chi connectivity index (χ1) is 14.8. The van der Waals surface area contributed by atoms with Crippen LogP contribution in [0.3, 0.4) is 0 Å². The summed E-state index contributed by atoms with van der Waals surface area (Å²) in [5.74, 6) is -0.353. The molecule has 31 heavy (non-hydrogen) atoms. The van der Waals surface area contributed by atoms with E-state index >= 15 is 0 Å². The standard InChI is InChI=1S/C25H28N2O3S/c1-4-24(21-16-15-19(2)20(3)17-21)26-25(28)18-27(22-11-7-5-8-12-22)31(29,30)23-13-9-6-10-14-23/h5-17,24H,4,18H2,1-3H3,(H,26,28)/t24-/m1/s1. The number of hydrogen-bond acceptors (Lipinski definition) is 3. The molecular formula is C25H28N2O3S. The SMILES string of the molecule is CC[C@@H](NC(=O)CN(c1ccccc1)S(=O)(=O)c1ccccc1)c1ccc(C)c(C)c1. The lowest BCUT2D eigenvalue weighted by atomic mass is 9.99. The lowest BCUT2D eigenvalue weighted by Gasteiger charge is -2.26. The maximum Gasteiger partial charge on any atom is 0.264 e. The molecule has 5 nitrogen and oxygen atoms in total. The molecule has 162 valence electrons. The fourth-order valence-electron chi connectivity index (χ4n) is 3.40. The molecule has 0 heterocycles. The van der Waals surface area contributed by atoms with Crippen molar-refractivity contribution in [2.45, 2.75) is 38.1 Å². The van der Waals surface area contributed by atoms with Gasteiger partial charge in [-0.15, -0.1) is 0 Å². The van der Waals surface area contributed by atoms with Crippen molar-refractivity contribution in [1.82, 2.24) is 5.32 Å². The van der Waals surface area contributed by atoms with Crippen LogP contribution in [-0.4, -0.2) is 20.9 Å². The van der Waals surface area contributed by atoms with Gasteiger partial charge < -0.3 is 5.32 Å². The first kappa shape index (κ1) is 22.6. The van der Waals surface area contributed by atoms with Crippen molar-refractivity contribution in [2.24, 2.45) is 0 Å². The Kier molecular flexibility index (Phi) is 7.13. The third kappa shape index (κ3) is 5.33. The van der Waals surface area contributed by atoms with Gasteiger partial charge in [0, 0.05) is 0 Å². The minimum Gasteiger partial charge on any atom is -0.348 e. The van der Waals surface area contributed by atoms with Gasteiger partial charge in [0.2, 0.25) is 5.91 Å². The molecule has 0 saturated carbocycles. The van der Waals surface area contributed by atoms with Gasteiger partial charge in [-0.3, -0.25) is 9.10 Å². The monoisotopic (exact) mass is 436 g/mol. The van der Waals surface area contributed by atoms with Gasteiger partial charge in [-0.1, -0.05) is 61.5 Å². The number of anilines is 1.